The first kappa shape index (κ1) is 23.5. The second-order valence-corrected chi connectivity index (χ2v) is 8.65. The maximum absolute atomic E-state index is 12.2. The number of hydrogen-bond donors (Lipinski definition) is 2. The molecular weight excluding hydrogens is 420 g/mol. The van der Waals surface area contributed by atoms with Crippen molar-refractivity contribution in [3.63, 3.8) is 0 Å². The van der Waals surface area contributed by atoms with Gasteiger partial charge in [0.05, 0.1) is 12.2 Å². The topological polar surface area (TPSA) is 59.0 Å². The molecule has 0 spiro atoms. The summed E-state index contributed by atoms with van der Waals surface area (Å²) in [7, 11) is 0. The van der Waals surface area contributed by atoms with E-state index >= 15 is 0 Å². The first-order valence-electron chi connectivity index (χ1n) is 11.8. The molecule has 1 heterocycles. The summed E-state index contributed by atoms with van der Waals surface area (Å²) in [6.07, 6.45) is 2.13. The fourth-order valence-electron chi connectivity index (χ4n) is 4.00. The highest BCUT2D eigenvalue weighted by atomic mass is 16.1. The van der Waals surface area contributed by atoms with Crippen LogP contribution >= 0.6 is 0 Å². The van der Waals surface area contributed by atoms with Crippen molar-refractivity contribution in [3.05, 3.63) is 112 Å². The van der Waals surface area contributed by atoms with Crippen LogP contribution in [0.5, 0.6) is 0 Å². The lowest BCUT2D eigenvalue weighted by molar-refractivity contribution is 0.0955. The largest absolute Gasteiger partial charge is 0.352 e. The van der Waals surface area contributed by atoms with Crippen LogP contribution in [0.2, 0.25) is 0 Å². The van der Waals surface area contributed by atoms with Crippen LogP contribution in [-0.2, 0) is 19.6 Å². The molecule has 3 aromatic carbocycles. The highest BCUT2D eigenvalue weighted by Gasteiger charge is 2.13. The number of amides is 1. The maximum Gasteiger partial charge on any atom is 0.251 e. The van der Waals surface area contributed by atoms with Gasteiger partial charge in [-0.15, -0.1) is 0 Å². The maximum atomic E-state index is 12.2. The lowest BCUT2D eigenvalue weighted by Gasteiger charge is -2.08. The Balaban J connectivity index is 1.53. The number of carbonyl (C=O) groups is 1. The molecule has 0 unspecified atom stereocenters. The van der Waals surface area contributed by atoms with Crippen LogP contribution < -0.4 is 10.6 Å². The zero-order chi connectivity index (χ0) is 23.9. The van der Waals surface area contributed by atoms with Gasteiger partial charge in [0.15, 0.2) is 0 Å². The summed E-state index contributed by atoms with van der Waals surface area (Å²) in [5.41, 5.74) is 8.81. The molecule has 0 aliphatic carbocycles. The Morgan fingerprint density at radius 3 is 2.44 bits per heavy atom. The molecule has 5 heteroatoms. The van der Waals surface area contributed by atoms with Crippen LogP contribution in [0.1, 0.15) is 45.1 Å². The number of aryl methyl sites for hydroxylation is 2. The molecule has 0 fully saturated rings. The Labute approximate surface area is 201 Å². The van der Waals surface area contributed by atoms with Crippen molar-refractivity contribution in [2.75, 3.05) is 6.54 Å². The molecular formula is C29H32N4O. The van der Waals surface area contributed by atoms with Crippen LogP contribution in [0, 0.1) is 13.8 Å². The van der Waals surface area contributed by atoms with Crippen LogP contribution in [0.15, 0.2) is 79.0 Å². The van der Waals surface area contributed by atoms with E-state index in [1.165, 1.54) is 16.7 Å². The minimum Gasteiger partial charge on any atom is -0.352 e. The highest BCUT2D eigenvalue weighted by molar-refractivity contribution is 5.94. The summed E-state index contributed by atoms with van der Waals surface area (Å²) in [6.45, 7) is 8.90. The van der Waals surface area contributed by atoms with E-state index in [1.807, 2.05) is 41.9 Å². The fraction of sp³-hybridized carbons (Fsp3) is 0.241. The van der Waals surface area contributed by atoms with Gasteiger partial charge in [0.2, 0.25) is 0 Å². The quantitative estimate of drug-likeness (QED) is 0.364. The van der Waals surface area contributed by atoms with Crippen LogP contribution in [-0.4, -0.2) is 22.2 Å². The zero-order valence-corrected chi connectivity index (χ0v) is 20.1. The molecule has 0 bridgehead atoms. The fourth-order valence-corrected chi connectivity index (χ4v) is 4.00. The van der Waals surface area contributed by atoms with Crippen molar-refractivity contribution in [2.45, 2.75) is 40.4 Å². The molecule has 0 saturated heterocycles. The summed E-state index contributed by atoms with van der Waals surface area (Å²) in [6, 6.07) is 24.7. The number of nitrogens with zero attached hydrogens (tertiary/aromatic N) is 2. The third-order valence-corrected chi connectivity index (χ3v) is 5.98. The van der Waals surface area contributed by atoms with Crippen molar-refractivity contribution >= 4 is 5.91 Å². The smallest absolute Gasteiger partial charge is 0.251 e. The van der Waals surface area contributed by atoms with Crippen molar-refractivity contribution in [1.29, 1.82) is 0 Å². The van der Waals surface area contributed by atoms with Crippen LogP contribution in [0.25, 0.3) is 11.3 Å². The Morgan fingerprint density at radius 2 is 1.68 bits per heavy atom. The summed E-state index contributed by atoms with van der Waals surface area (Å²) in [5, 5.41) is 11.4. The van der Waals surface area contributed by atoms with E-state index in [2.05, 4.69) is 73.1 Å². The Morgan fingerprint density at radius 1 is 0.882 bits per heavy atom. The second kappa shape index (κ2) is 10.9. The molecule has 5 nitrogen and oxygen atoms in total. The van der Waals surface area contributed by atoms with Gasteiger partial charge in [0.1, 0.15) is 0 Å². The molecule has 0 atom stereocenters. The van der Waals surface area contributed by atoms with E-state index in [9.17, 15) is 4.79 Å². The molecule has 4 aromatic rings. The average Bonchev–Trinajstić information content (AvgIpc) is 3.24. The van der Waals surface area contributed by atoms with E-state index in [1.54, 1.807) is 0 Å². The third-order valence-electron chi connectivity index (χ3n) is 5.98. The second-order valence-electron chi connectivity index (χ2n) is 8.65. The van der Waals surface area contributed by atoms with Gasteiger partial charge in [-0.05, 0) is 61.2 Å². The Kier molecular flexibility index (Phi) is 7.55. The Hall–Kier alpha value is -3.70. The highest BCUT2D eigenvalue weighted by Crippen LogP contribution is 2.25. The monoisotopic (exact) mass is 452 g/mol. The van der Waals surface area contributed by atoms with E-state index in [0.29, 0.717) is 25.2 Å². The zero-order valence-electron chi connectivity index (χ0n) is 20.1. The summed E-state index contributed by atoms with van der Waals surface area (Å²) >= 11 is 0. The average molecular weight is 453 g/mol. The number of aromatic nitrogens is 2. The number of carbonyl (C=O) groups excluding carboxylic acids is 1. The van der Waals surface area contributed by atoms with Crippen molar-refractivity contribution in [1.82, 2.24) is 20.4 Å². The van der Waals surface area contributed by atoms with Gasteiger partial charge in [0.25, 0.3) is 5.91 Å². The molecule has 0 radical (unpaired) electrons. The minimum atomic E-state index is -0.0384. The van der Waals surface area contributed by atoms with Gasteiger partial charge in [-0.2, -0.15) is 5.10 Å². The predicted molar refractivity (Wildman–Crippen MR) is 138 cm³/mol. The number of hydrogen-bond acceptors (Lipinski definition) is 3. The molecule has 1 aromatic heterocycles. The molecule has 2 N–H and O–H groups in total. The van der Waals surface area contributed by atoms with Gasteiger partial charge in [-0.1, -0.05) is 54.6 Å². The molecule has 174 valence electrons. The van der Waals surface area contributed by atoms with E-state index in [-0.39, 0.29) is 5.91 Å². The normalized spacial score (nSPS) is 10.9. The van der Waals surface area contributed by atoms with Crippen LogP contribution in [0.3, 0.4) is 0 Å². The summed E-state index contributed by atoms with van der Waals surface area (Å²) < 4.78 is 2.02. The molecule has 0 aliphatic heterocycles. The van der Waals surface area contributed by atoms with Crippen molar-refractivity contribution in [3.8, 4) is 11.3 Å². The van der Waals surface area contributed by atoms with Crippen molar-refractivity contribution in [2.24, 2.45) is 0 Å². The predicted octanol–water partition coefficient (Wildman–Crippen LogP) is 5.25. The summed E-state index contributed by atoms with van der Waals surface area (Å²) in [4.78, 5) is 12.2. The molecule has 1 amide bonds. The van der Waals surface area contributed by atoms with E-state index in [4.69, 9.17) is 5.10 Å². The van der Waals surface area contributed by atoms with Crippen molar-refractivity contribution < 1.29 is 4.79 Å². The standard InChI is InChI=1S/C29H32N4O/c1-4-31-29(34)26-12-8-11-24(16-26)17-30-18-27-20-33(19-23-9-6-5-7-10-23)32-28(27)25-14-13-21(2)22(3)15-25/h5-16,20,30H,4,17-19H2,1-3H3,(H,31,34). The number of benzene rings is 3. The van der Waals surface area contributed by atoms with Crippen LogP contribution in [0.4, 0.5) is 0 Å². The third kappa shape index (κ3) is 5.80. The minimum absolute atomic E-state index is 0.0384. The van der Waals surface area contributed by atoms with Gasteiger partial charge in [0, 0.05) is 42.5 Å². The molecule has 0 saturated carbocycles. The number of nitrogens with one attached hydrogen (secondary N) is 2. The van der Waals surface area contributed by atoms with Gasteiger partial charge in [-0.25, -0.2) is 0 Å². The Bertz CT molecular complexity index is 1260. The van der Waals surface area contributed by atoms with E-state index in [0.717, 1.165) is 28.9 Å². The molecule has 0 aliphatic rings. The van der Waals surface area contributed by atoms with E-state index < -0.39 is 0 Å². The van der Waals surface area contributed by atoms with Gasteiger partial charge < -0.3 is 10.6 Å². The van der Waals surface area contributed by atoms with Gasteiger partial charge >= 0.3 is 0 Å². The first-order chi connectivity index (χ1) is 16.5. The van der Waals surface area contributed by atoms with Gasteiger partial charge in [-0.3, -0.25) is 9.48 Å². The lowest BCUT2D eigenvalue weighted by atomic mass is 10.0. The molecule has 4 rings (SSSR count). The summed E-state index contributed by atoms with van der Waals surface area (Å²) in [5.74, 6) is -0.0384. The first-order valence-corrected chi connectivity index (χ1v) is 11.8. The lowest BCUT2D eigenvalue weighted by Crippen LogP contribution is -2.23. The SMILES string of the molecule is CCNC(=O)c1cccc(CNCc2cn(Cc3ccccc3)nc2-c2ccc(C)c(C)c2)c1. The molecule has 34 heavy (non-hydrogen) atoms. The number of rotatable bonds is 9.